The zero-order valence-corrected chi connectivity index (χ0v) is 13.5. The highest BCUT2D eigenvalue weighted by Crippen LogP contribution is 2.21. The molecule has 6 nitrogen and oxygen atoms in total. The first kappa shape index (κ1) is 15.4. The van der Waals surface area contributed by atoms with E-state index in [0.29, 0.717) is 0 Å². The summed E-state index contributed by atoms with van der Waals surface area (Å²) in [5.74, 6) is -0.466. The van der Waals surface area contributed by atoms with Crippen molar-refractivity contribution in [3.63, 3.8) is 0 Å². The molecule has 0 radical (unpaired) electrons. The van der Waals surface area contributed by atoms with Crippen LogP contribution in [0.5, 0.6) is 0 Å². The van der Waals surface area contributed by atoms with Gasteiger partial charge in [-0.05, 0) is 55.2 Å². The number of nitrogens with zero attached hydrogens (tertiary/aromatic N) is 2. The predicted octanol–water partition coefficient (Wildman–Crippen LogP) is 3.02. The SMILES string of the molecule is O=C(Nc1cc(-n2cccc2)ccc1F)N[C@@H]1CCc2[nH]ncc2C1. The topological polar surface area (TPSA) is 74.7 Å². The highest BCUT2D eigenvalue weighted by molar-refractivity contribution is 5.90. The Labute approximate surface area is 144 Å². The Bertz CT molecular complexity index is 887. The lowest BCUT2D eigenvalue weighted by Crippen LogP contribution is -2.41. The van der Waals surface area contributed by atoms with E-state index in [1.54, 1.807) is 18.3 Å². The lowest BCUT2D eigenvalue weighted by atomic mass is 9.94. The summed E-state index contributed by atoms with van der Waals surface area (Å²) in [4.78, 5) is 12.3. The third-order valence-corrected chi connectivity index (χ3v) is 4.45. The number of carbonyl (C=O) groups excluding carboxylic acids is 1. The number of halogens is 1. The number of aromatic amines is 1. The normalized spacial score (nSPS) is 16.3. The van der Waals surface area contributed by atoms with Crippen LogP contribution in [0.25, 0.3) is 5.69 Å². The van der Waals surface area contributed by atoms with E-state index in [0.717, 1.165) is 36.2 Å². The van der Waals surface area contributed by atoms with Crippen LogP contribution >= 0.6 is 0 Å². The van der Waals surface area contributed by atoms with E-state index in [-0.39, 0.29) is 11.7 Å². The molecule has 128 valence electrons. The average molecular weight is 339 g/mol. The van der Waals surface area contributed by atoms with E-state index < -0.39 is 11.8 Å². The van der Waals surface area contributed by atoms with Gasteiger partial charge in [-0.2, -0.15) is 5.10 Å². The molecular formula is C18H18FN5O. The van der Waals surface area contributed by atoms with Gasteiger partial charge in [-0.1, -0.05) is 0 Å². The maximum absolute atomic E-state index is 14.0. The van der Waals surface area contributed by atoms with Gasteiger partial charge in [0.05, 0.1) is 11.9 Å². The Balaban J connectivity index is 1.43. The molecule has 0 bridgehead atoms. The summed E-state index contributed by atoms with van der Waals surface area (Å²) < 4.78 is 15.9. The summed E-state index contributed by atoms with van der Waals surface area (Å²) in [7, 11) is 0. The molecule has 2 aromatic heterocycles. The molecular weight excluding hydrogens is 321 g/mol. The van der Waals surface area contributed by atoms with Crippen LogP contribution in [0.1, 0.15) is 17.7 Å². The Morgan fingerprint density at radius 3 is 3.00 bits per heavy atom. The summed E-state index contributed by atoms with van der Waals surface area (Å²) in [6.45, 7) is 0. The van der Waals surface area contributed by atoms with Crippen molar-refractivity contribution in [3.8, 4) is 5.69 Å². The lowest BCUT2D eigenvalue weighted by molar-refractivity contribution is 0.247. The molecule has 3 N–H and O–H groups in total. The van der Waals surface area contributed by atoms with Crippen molar-refractivity contribution in [1.82, 2.24) is 20.1 Å². The number of fused-ring (bicyclic) bond motifs is 1. The number of amides is 2. The van der Waals surface area contributed by atoms with Gasteiger partial charge in [0.2, 0.25) is 0 Å². The first-order chi connectivity index (χ1) is 12.2. The minimum Gasteiger partial charge on any atom is -0.335 e. The van der Waals surface area contributed by atoms with Crippen molar-refractivity contribution in [2.24, 2.45) is 0 Å². The fourth-order valence-corrected chi connectivity index (χ4v) is 3.16. The first-order valence-corrected chi connectivity index (χ1v) is 8.20. The van der Waals surface area contributed by atoms with Crippen molar-refractivity contribution < 1.29 is 9.18 Å². The Morgan fingerprint density at radius 2 is 2.16 bits per heavy atom. The molecule has 1 aliphatic carbocycles. The van der Waals surface area contributed by atoms with Gasteiger partial charge in [0.15, 0.2) is 0 Å². The molecule has 0 fully saturated rings. The van der Waals surface area contributed by atoms with E-state index in [2.05, 4.69) is 20.8 Å². The van der Waals surface area contributed by atoms with Crippen LogP contribution < -0.4 is 10.6 Å². The molecule has 0 saturated heterocycles. The highest BCUT2D eigenvalue weighted by atomic mass is 19.1. The van der Waals surface area contributed by atoms with Crippen molar-refractivity contribution in [3.05, 3.63) is 66.0 Å². The number of anilines is 1. The smallest absolute Gasteiger partial charge is 0.319 e. The minimum absolute atomic E-state index is 0.0146. The summed E-state index contributed by atoms with van der Waals surface area (Å²) in [5.41, 5.74) is 3.19. The molecule has 1 aromatic carbocycles. The molecule has 1 aliphatic rings. The van der Waals surface area contributed by atoms with E-state index in [1.165, 1.54) is 6.07 Å². The molecule has 0 unspecified atom stereocenters. The molecule has 2 heterocycles. The molecule has 4 rings (SSSR count). The number of carbonyl (C=O) groups is 1. The zero-order chi connectivity index (χ0) is 17.2. The van der Waals surface area contributed by atoms with Crippen LogP contribution in [0.3, 0.4) is 0 Å². The van der Waals surface area contributed by atoms with Crippen LogP contribution in [0.15, 0.2) is 48.9 Å². The number of hydrogen-bond donors (Lipinski definition) is 3. The van der Waals surface area contributed by atoms with Crippen LogP contribution in [-0.2, 0) is 12.8 Å². The zero-order valence-electron chi connectivity index (χ0n) is 13.5. The van der Waals surface area contributed by atoms with Gasteiger partial charge in [-0.15, -0.1) is 0 Å². The fourth-order valence-electron chi connectivity index (χ4n) is 3.16. The summed E-state index contributed by atoms with van der Waals surface area (Å²) >= 11 is 0. The van der Waals surface area contributed by atoms with E-state index in [9.17, 15) is 9.18 Å². The number of rotatable bonds is 3. The van der Waals surface area contributed by atoms with Gasteiger partial charge >= 0.3 is 6.03 Å². The molecule has 7 heteroatoms. The van der Waals surface area contributed by atoms with Gasteiger partial charge in [-0.25, -0.2) is 9.18 Å². The second-order valence-corrected chi connectivity index (χ2v) is 6.17. The van der Waals surface area contributed by atoms with Gasteiger partial charge in [0.1, 0.15) is 5.82 Å². The van der Waals surface area contributed by atoms with Crippen LogP contribution in [0, 0.1) is 5.82 Å². The molecule has 2 amide bonds. The number of aromatic nitrogens is 3. The van der Waals surface area contributed by atoms with Crippen molar-refractivity contribution in [2.45, 2.75) is 25.3 Å². The number of urea groups is 1. The Kier molecular flexibility index (Phi) is 3.97. The quantitative estimate of drug-likeness (QED) is 0.686. The third kappa shape index (κ3) is 3.26. The summed E-state index contributed by atoms with van der Waals surface area (Å²) in [6.07, 6.45) is 7.92. The standard InChI is InChI=1S/C18H18FN5O/c19-15-5-4-14(24-7-1-2-8-24)10-17(15)22-18(25)21-13-3-6-16-12(9-13)11-20-23-16/h1-2,4-5,7-8,10-11,13H,3,6,9H2,(H,20,23)(H2,21,22,25)/t13-/m1/s1. The van der Waals surface area contributed by atoms with E-state index >= 15 is 0 Å². The Morgan fingerprint density at radius 1 is 1.32 bits per heavy atom. The first-order valence-electron chi connectivity index (χ1n) is 8.20. The van der Waals surface area contributed by atoms with Crippen molar-refractivity contribution >= 4 is 11.7 Å². The minimum atomic E-state index is -0.466. The van der Waals surface area contributed by atoms with Crippen LogP contribution in [-0.4, -0.2) is 26.8 Å². The predicted molar refractivity (Wildman–Crippen MR) is 92.3 cm³/mol. The fraction of sp³-hybridized carbons (Fsp3) is 0.222. The molecule has 3 aromatic rings. The maximum Gasteiger partial charge on any atom is 0.319 e. The number of H-pyrrole nitrogens is 1. The average Bonchev–Trinajstić information content (AvgIpc) is 3.27. The van der Waals surface area contributed by atoms with E-state index in [1.807, 2.05) is 29.1 Å². The Hall–Kier alpha value is -3.09. The second-order valence-electron chi connectivity index (χ2n) is 6.17. The van der Waals surface area contributed by atoms with Crippen molar-refractivity contribution in [2.75, 3.05) is 5.32 Å². The summed E-state index contributed by atoms with van der Waals surface area (Å²) in [6, 6.07) is 8.02. The largest absolute Gasteiger partial charge is 0.335 e. The molecule has 0 spiro atoms. The monoisotopic (exact) mass is 339 g/mol. The molecule has 1 atom stereocenters. The second kappa shape index (κ2) is 6.43. The van der Waals surface area contributed by atoms with Gasteiger partial charge in [0, 0.05) is 29.8 Å². The number of aryl methyl sites for hydroxylation is 1. The number of benzene rings is 1. The molecule has 25 heavy (non-hydrogen) atoms. The number of nitrogens with one attached hydrogen (secondary N) is 3. The maximum atomic E-state index is 14.0. The van der Waals surface area contributed by atoms with Gasteiger partial charge in [-0.3, -0.25) is 5.10 Å². The van der Waals surface area contributed by atoms with E-state index in [4.69, 9.17) is 0 Å². The summed E-state index contributed by atoms with van der Waals surface area (Å²) in [5, 5.41) is 12.5. The lowest BCUT2D eigenvalue weighted by Gasteiger charge is -2.23. The van der Waals surface area contributed by atoms with Crippen molar-refractivity contribution in [1.29, 1.82) is 0 Å². The highest BCUT2D eigenvalue weighted by Gasteiger charge is 2.21. The van der Waals surface area contributed by atoms with Gasteiger partial charge < -0.3 is 15.2 Å². The molecule has 0 aliphatic heterocycles. The molecule has 0 saturated carbocycles. The van der Waals surface area contributed by atoms with Gasteiger partial charge in [0.25, 0.3) is 0 Å². The number of hydrogen-bond acceptors (Lipinski definition) is 2. The van der Waals surface area contributed by atoms with Crippen LogP contribution in [0.4, 0.5) is 14.9 Å². The van der Waals surface area contributed by atoms with Crippen LogP contribution in [0.2, 0.25) is 0 Å². The third-order valence-electron chi connectivity index (χ3n) is 4.45.